The van der Waals surface area contributed by atoms with E-state index in [2.05, 4.69) is 26.3 Å². The normalized spacial score (nSPS) is 10.6. The molecule has 5 nitrogen and oxygen atoms in total. The van der Waals surface area contributed by atoms with E-state index in [9.17, 15) is 4.79 Å². The summed E-state index contributed by atoms with van der Waals surface area (Å²) in [5.41, 5.74) is 6.57. The van der Waals surface area contributed by atoms with Gasteiger partial charge in [0.1, 0.15) is 5.69 Å². The van der Waals surface area contributed by atoms with E-state index >= 15 is 0 Å². The second-order valence-electron chi connectivity index (χ2n) is 3.64. The van der Waals surface area contributed by atoms with Crippen LogP contribution in [0, 0.1) is 0 Å². The smallest absolute Gasteiger partial charge is 0.271 e. The highest BCUT2D eigenvalue weighted by Gasteiger charge is 2.16. The van der Waals surface area contributed by atoms with E-state index in [0.717, 1.165) is 9.35 Å². The van der Waals surface area contributed by atoms with Crippen molar-refractivity contribution in [1.29, 1.82) is 0 Å². The number of anilines is 1. The molecule has 2 rings (SSSR count). The third kappa shape index (κ3) is 2.56. The lowest BCUT2D eigenvalue weighted by atomic mass is 10.3. The van der Waals surface area contributed by atoms with Gasteiger partial charge < -0.3 is 11.1 Å². The summed E-state index contributed by atoms with van der Waals surface area (Å²) in [4.78, 5) is 13.1. The number of thiophene rings is 1. The third-order valence-electron chi connectivity index (χ3n) is 2.48. The zero-order chi connectivity index (χ0) is 13.1. The van der Waals surface area contributed by atoms with Crippen molar-refractivity contribution in [2.24, 2.45) is 0 Å². The summed E-state index contributed by atoms with van der Waals surface area (Å²) in [5.74, 6) is -0.202. The summed E-state index contributed by atoms with van der Waals surface area (Å²) in [6, 6.07) is 1.96. The Balaban J connectivity index is 2.08. The molecule has 0 fully saturated rings. The molecule has 0 atom stereocenters. The molecule has 2 aromatic heterocycles. The van der Waals surface area contributed by atoms with Crippen LogP contribution in [-0.4, -0.2) is 15.7 Å². The van der Waals surface area contributed by atoms with E-state index in [-0.39, 0.29) is 5.91 Å². The van der Waals surface area contributed by atoms with Gasteiger partial charge in [-0.2, -0.15) is 5.10 Å². The molecule has 0 aliphatic rings. The van der Waals surface area contributed by atoms with Gasteiger partial charge in [-0.25, -0.2) is 0 Å². The molecule has 96 valence electrons. The Morgan fingerprint density at radius 3 is 3.06 bits per heavy atom. The van der Waals surface area contributed by atoms with Crippen LogP contribution < -0.4 is 11.1 Å². The number of carbonyl (C=O) groups excluding carboxylic acids is 1. The fourth-order valence-corrected chi connectivity index (χ4v) is 3.02. The molecule has 0 saturated carbocycles. The van der Waals surface area contributed by atoms with Crippen LogP contribution in [0.1, 0.15) is 22.3 Å². The molecule has 0 aliphatic carbocycles. The number of rotatable bonds is 4. The lowest BCUT2D eigenvalue weighted by Gasteiger charge is -2.07. The maximum Gasteiger partial charge on any atom is 0.271 e. The lowest BCUT2D eigenvalue weighted by molar-refractivity contribution is 0.0941. The number of hydrogen-bond donors (Lipinski definition) is 2. The largest absolute Gasteiger partial charge is 0.396 e. The maximum absolute atomic E-state index is 12.1. The Kier molecular flexibility index (Phi) is 4.03. The van der Waals surface area contributed by atoms with Gasteiger partial charge in [0.2, 0.25) is 0 Å². The lowest BCUT2D eigenvalue weighted by Crippen LogP contribution is -2.26. The Morgan fingerprint density at radius 1 is 1.67 bits per heavy atom. The van der Waals surface area contributed by atoms with Crippen molar-refractivity contribution in [3.8, 4) is 0 Å². The molecular weight excluding hydrogens is 316 g/mol. The van der Waals surface area contributed by atoms with Crippen LogP contribution in [0.4, 0.5) is 5.69 Å². The van der Waals surface area contributed by atoms with Crippen LogP contribution in [0.5, 0.6) is 0 Å². The molecule has 3 N–H and O–H groups in total. The predicted octanol–water partition coefficient (Wildman–Crippen LogP) is 2.24. The zero-order valence-electron chi connectivity index (χ0n) is 9.81. The number of hydrogen-bond acceptors (Lipinski definition) is 4. The van der Waals surface area contributed by atoms with E-state index in [1.54, 1.807) is 16.0 Å². The van der Waals surface area contributed by atoms with Crippen molar-refractivity contribution < 1.29 is 4.79 Å². The molecule has 0 saturated heterocycles. The van der Waals surface area contributed by atoms with Crippen LogP contribution in [0.25, 0.3) is 0 Å². The van der Waals surface area contributed by atoms with E-state index in [4.69, 9.17) is 5.73 Å². The molecule has 0 aliphatic heterocycles. The van der Waals surface area contributed by atoms with Gasteiger partial charge in [-0.05, 0) is 34.3 Å². The van der Waals surface area contributed by atoms with Crippen molar-refractivity contribution in [2.75, 3.05) is 5.73 Å². The van der Waals surface area contributed by atoms with Gasteiger partial charge in [0.25, 0.3) is 5.91 Å². The van der Waals surface area contributed by atoms with E-state index in [1.165, 1.54) is 6.20 Å². The highest BCUT2D eigenvalue weighted by molar-refractivity contribution is 9.10. The van der Waals surface area contributed by atoms with Gasteiger partial charge in [0.05, 0.1) is 18.4 Å². The number of halogens is 1. The SMILES string of the molecule is CCn1ncc(N)c1C(=O)NCc1sccc1Br. The monoisotopic (exact) mass is 328 g/mol. The summed E-state index contributed by atoms with van der Waals surface area (Å²) in [6.45, 7) is 3.01. The number of nitrogens with one attached hydrogen (secondary N) is 1. The van der Waals surface area contributed by atoms with E-state index in [1.807, 2.05) is 18.4 Å². The first kappa shape index (κ1) is 13.1. The van der Waals surface area contributed by atoms with Gasteiger partial charge >= 0.3 is 0 Å². The zero-order valence-corrected chi connectivity index (χ0v) is 12.2. The van der Waals surface area contributed by atoms with Gasteiger partial charge in [-0.3, -0.25) is 9.48 Å². The number of carbonyl (C=O) groups is 1. The minimum Gasteiger partial charge on any atom is -0.396 e. The molecule has 18 heavy (non-hydrogen) atoms. The molecule has 2 aromatic rings. The Morgan fingerprint density at radius 2 is 2.44 bits per heavy atom. The van der Waals surface area contributed by atoms with Crippen LogP contribution in [0.2, 0.25) is 0 Å². The summed E-state index contributed by atoms with van der Waals surface area (Å²) in [6.07, 6.45) is 1.50. The molecule has 0 spiro atoms. The summed E-state index contributed by atoms with van der Waals surface area (Å²) >= 11 is 5.01. The Bertz CT molecular complexity index is 563. The summed E-state index contributed by atoms with van der Waals surface area (Å²) < 4.78 is 2.60. The molecule has 0 aromatic carbocycles. The molecule has 0 bridgehead atoms. The summed E-state index contributed by atoms with van der Waals surface area (Å²) in [5, 5.41) is 8.85. The number of amides is 1. The quantitative estimate of drug-likeness (QED) is 0.903. The Hall–Kier alpha value is -1.34. The molecule has 7 heteroatoms. The van der Waals surface area contributed by atoms with Crippen LogP contribution in [0.3, 0.4) is 0 Å². The molecule has 0 radical (unpaired) electrons. The number of aromatic nitrogens is 2. The number of nitrogens with zero attached hydrogens (tertiary/aromatic N) is 2. The van der Waals surface area contributed by atoms with Gasteiger partial charge in [-0.1, -0.05) is 0 Å². The summed E-state index contributed by atoms with van der Waals surface area (Å²) in [7, 11) is 0. The van der Waals surface area contributed by atoms with Crippen LogP contribution in [0.15, 0.2) is 22.1 Å². The molecule has 1 amide bonds. The van der Waals surface area contributed by atoms with Crippen LogP contribution in [-0.2, 0) is 13.1 Å². The van der Waals surface area contributed by atoms with E-state index < -0.39 is 0 Å². The fraction of sp³-hybridized carbons (Fsp3) is 0.273. The molecule has 0 unspecified atom stereocenters. The first-order valence-corrected chi connectivity index (χ1v) is 7.12. The second-order valence-corrected chi connectivity index (χ2v) is 5.49. The topological polar surface area (TPSA) is 72.9 Å². The number of aryl methyl sites for hydroxylation is 1. The number of nitrogen functional groups attached to an aromatic ring is 1. The van der Waals surface area contributed by atoms with Gasteiger partial charge in [0, 0.05) is 15.9 Å². The average molecular weight is 329 g/mol. The molecular formula is C11H13BrN4OS. The maximum atomic E-state index is 12.1. The highest BCUT2D eigenvalue weighted by atomic mass is 79.9. The van der Waals surface area contributed by atoms with E-state index in [0.29, 0.717) is 24.5 Å². The van der Waals surface area contributed by atoms with Gasteiger partial charge in [-0.15, -0.1) is 11.3 Å². The second kappa shape index (κ2) is 5.53. The van der Waals surface area contributed by atoms with Crippen molar-refractivity contribution >= 4 is 38.9 Å². The highest BCUT2D eigenvalue weighted by Crippen LogP contribution is 2.22. The van der Waals surface area contributed by atoms with Crippen molar-refractivity contribution in [2.45, 2.75) is 20.0 Å². The minimum atomic E-state index is -0.202. The standard InChI is InChI=1S/C11H13BrN4OS/c1-2-16-10(8(13)5-15-16)11(17)14-6-9-7(12)3-4-18-9/h3-5H,2,6,13H2,1H3,(H,14,17). The number of nitrogens with two attached hydrogens (primary N) is 1. The van der Waals surface area contributed by atoms with Gasteiger partial charge in [0.15, 0.2) is 0 Å². The Labute approximate surface area is 117 Å². The van der Waals surface area contributed by atoms with Crippen molar-refractivity contribution in [1.82, 2.24) is 15.1 Å². The van der Waals surface area contributed by atoms with Crippen molar-refractivity contribution in [3.05, 3.63) is 32.7 Å². The van der Waals surface area contributed by atoms with Crippen molar-refractivity contribution in [3.63, 3.8) is 0 Å². The predicted molar refractivity (Wildman–Crippen MR) is 75.5 cm³/mol. The first-order chi connectivity index (χ1) is 8.63. The minimum absolute atomic E-state index is 0.202. The average Bonchev–Trinajstić information content (AvgIpc) is 2.92. The fourth-order valence-electron chi connectivity index (χ4n) is 1.58. The first-order valence-electron chi connectivity index (χ1n) is 5.44. The third-order valence-corrected chi connectivity index (χ3v) is 4.41. The molecule has 2 heterocycles. The van der Waals surface area contributed by atoms with Crippen LogP contribution >= 0.6 is 27.3 Å².